The first-order chi connectivity index (χ1) is 16.5. The van der Waals surface area contributed by atoms with Crippen LogP contribution in [0.15, 0.2) is 64.6 Å². The van der Waals surface area contributed by atoms with Crippen LogP contribution in [-0.4, -0.2) is 40.1 Å². The lowest BCUT2D eigenvalue weighted by molar-refractivity contribution is -0.115. The number of piperidine rings is 1. The highest BCUT2D eigenvalue weighted by Gasteiger charge is 2.24. The Hall–Kier alpha value is -3.36. The van der Waals surface area contributed by atoms with Crippen molar-refractivity contribution < 1.29 is 9.59 Å². The zero-order valence-corrected chi connectivity index (χ0v) is 19.8. The van der Waals surface area contributed by atoms with E-state index in [9.17, 15) is 9.59 Å². The summed E-state index contributed by atoms with van der Waals surface area (Å²) >= 11 is 7.59. The molecule has 0 spiro atoms. The molecule has 0 bridgehead atoms. The van der Waals surface area contributed by atoms with Crippen molar-refractivity contribution in [2.45, 2.75) is 19.3 Å². The van der Waals surface area contributed by atoms with Crippen molar-refractivity contribution in [2.75, 3.05) is 18.4 Å². The van der Waals surface area contributed by atoms with Gasteiger partial charge in [-0.25, -0.2) is 9.79 Å². The Labute approximate surface area is 206 Å². The Bertz CT molecular complexity index is 1330. The maximum absolute atomic E-state index is 12.5. The summed E-state index contributed by atoms with van der Waals surface area (Å²) in [6, 6.07) is 14.7. The highest BCUT2D eigenvalue weighted by atomic mass is 35.5. The Kier molecular flexibility index (Phi) is 6.51. The van der Waals surface area contributed by atoms with Crippen LogP contribution < -0.4 is 10.6 Å². The topological polar surface area (TPSA) is 86.7 Å². The van der Waals surface area contributed by atoms with Crippen LogP contribution in [0.3, 0.4) is 0 Å². The Morgan fingerprint density at radius 3 is 2.85 bits per heavy atom. The van der Waals surface area contributed by atoms with Gasteiger partial charge in [-0.15, -0.1) is 0 Å². The molecule has 3 heterocycles. The van der Waals surface area contributed by atoms with Crippen molar-refractivity contribution in [1.82, 2.24) is 15.2 Å². The van der Waals surface area contributed by atoms with Gasteiger partial charge >= 0.3 is 6.03 Å². The van der Waals surface area contributed by atoms with Gasteiger partial charge in [0.1, 0.15) is 0 Å². The molecule has 7 nitrogen and oxygen atoms in total. The third-order valence-electron chi connectivity index (χ3n) is 5.64. The van der Waals surface area contributed by atoms with Crippen molar-refractivity contribution in [3.63, 3.8) is 0 Å². The molecule has 5 rings (SSSR count). The molecular formula is C25H22ClN5O2S. The number of aromatic nitrogens is 1. The monoisotopic (exact) mass is 491 g/mol. The number of nitrogens with zero attached hydrogens (tertiary/aromatic N) is 3. The molecule has 2 saturated heterocycles. The number of amides is 3. The van der Waals surface area contributed by atoms with Crippen LogP contribution in [0.4, 0.5) is 16.2 Å². The summed E-state index contributed by atoms with van der Waals surface area (Å²) in [5.74, 6) is -0.222. The van der Waals surface area contributed by atoms with Crippen molar-refractivity contribution >= 4 is 68.8 Å². The number of likely N-dealkylation sites (tertiary alicyclic amines) is 1. The molecule has 2 aliphatic rings. The first kappa shape index (κ1) is 22.4. The van der Waals surface area contributed by atoms with Gasteiger partial charge in [0, 0.05) is 30.4 Å². The van der Waals surface area contributed by atoms with Gasteiger partial charge in [-0.2, -0.15) is 0 Å². The van der Waals surface area contributed by atoms with Crippen LogP contribution in [-0.2, 0) is 4.79 Å². The highest BCUT2D eigenvalue weighted by Crippen LogP contribution is 2.33. The van der Waals surface area contributed by atoms with Crippen molar-refractivity contribution in [1.29, 1.82) is 0 Å². The summed E-state index contributed by atoms with van der Waals surface area (Å²) in [5.41, 5.74) is 2.88. The minimum atomic E-state index is -0.222. The molecule has 3 aromatic rings. The number of urea groups is 1. The van der Waals surface area contributed by atoms with Crippen LogP contribution in [0.2, 0.25) is 5.02 Å². The number of benzene rings is 2. The Balaban J connectivity index is 1.33. The zero-order valence-electron chi connectivity index (χ0n) is 18.3. The normalized spacial score (nSPS) is 18.5. The molecule has 34 heavy (non-hydrogen) atoms. The number of hydrogen-bond donors (Lipinski definition) is 2. The zero-order chi connectivity index (χ0) is 23.5. The van der Waals surface area contributed by atoms with Crippen LogP contribution >= 0.6 is 23.4 Å². The molecule has 2 aliphatic heterocycles. The van der Waals surface area contributed by atoms with E-state index in [1.54, 1.807) is 24.4 Å². The first-order valence-electron chi connectivity index (χ1n) is 11.0. The van der Waals surface area contributed by atoms with E-state index in [-0.39, 0.29) is 11.9 Å². The SMILES string of the molecule is O=C1NC(=Nc2cc(NC(=O)N3CCCCC3)ccc2Cl)S/C1=C\c1ccc2ncccc2c1. The van der Waals surface area contributed by atoms with Gasteiger partial charge in [0.25, 0.3) is 5.91 Å². The van der Waals surface area contributed by atoms with Crippen molar-refractivity contribution in [3.05, 3.63) is 70.2 Å². The van der Waals surface area contributed by atoms with E-state index in [1.165, 1.54) is 11.8 Å². The van der Waals surface area contributed by atoms with Crippen molar-refractivity contribution in [2.24, 2.45) is 4.99 Å². The number of carbonyl (C=O) groups is 2. The smallest absolute Gasteiger partial charge is 0.321 e. The van der Waals surface area contributed by atoms with Gasteiger partial charge in [-0.1, -0.05) is 23.7 Å². The number of thioether (sulfide) groups is 1. The second-order valence-electron chi connectivity index (χ2n) is 8.08. The summed E-state index contributed by atoms with van der Waals surface area (Å²) in [7, 11) is 0. The second kappa shape index (κ2) is 9.87. The average Bonchev–Trinajstić information content (AvgIpc) is 3.20. The summed E-state index contributed by atoms with van der Waals surface area (Å²) in [6.07, 6.45) is 6.78. The fourth-order valence-corrected chi connectivity index (χ4v) is 4.90. The third-order valence-corrected chi connectivity index (χ3v) is 6.87. The fourth-order valence-electron chi connectivity index (χ4n) is 3.90. The van der Waals surface area contributed by atoms with Gasteiger partial charge in [0.15, 0.2) is 5.17 Å². The van der Waals surface area contributed by atoms with E-state index in [4.69, 9.17) is 11.6 Å². The number of hydrogen-bond acceptors (Lipinski definition) is 5. The molecule has 0 radical (unpaired) electrons. The molecule has 172 valence electrons. The number of nitrogens with one attached hydrogen (secondary N) is 2. The lowest BCUT2D eigenvalue weighted by Gasteiger charge is -2.26. The molecule has 3 amide bonds. The van der Waals surface area contributed by atoms with E-state index in [0.29, 0.717) is 26.5 Å². The number of amidine groups is 1. The molecular weight excluding hydrogens is 470 g/mol. The molecule has 0 atom stereocenters. The number of pyridine rings is 1. The molecule has 0 unspecified atom stereocenters. The standard InChI is InChI=1S/C25H22ClN5O2S/c26-19-8-7-18(28-25(33)31-11-2-1-3-12-31)15-21(19)29-24-30-23(32)22(34-24)14-16-6-9-20-17(13-16)5-4-10-27-20/h4-10,13-15H,1-3,11-12H2,(H,28,33)(H,29,30,32)/b22-14-. The number of halogens is 1. The summed E-state index contributed by atoms with van der Waals surface area (Å²) < 4.78 is 0. The lowest BCUT2D eigenvalue weighted by Crippen LogP contribution is -2.38. The van der Waals surface area contributed by atoms with Gasteiger partial charge in [-0.05, 0) is 79.1 Å². The third kappa shape index (κ3) is 5.08. The number of carbonyl (C=O) groups excluding carboxylic acids is 2. The van der Waals surface area contributed by atoms with Crippen LogP contribution in [0, 0.1) is 0 Å². The van der Waals surface area contributed by atoms with E-state index >= 15 is 0 Å². The number of rotatable bonds is 3. The summed E-state index contributed by atoms with van der Waals surface area (Å²) in [5, 5.41) is 7.57. The number of fused-ring (bicyclic) bond motifs is 1. The van der Waals surface area contributed by atoms with Crippen LogP contribution in [0.5, 0.6) is 0 Å². The predicted octanol–water partition coefficient (Wildman–Crippen LogP) is 5.80. The minimum Gasteiger partial charge on any atom is -0.325 e. The second-order valence-corrected chi connectivity index (χ2v) is 9.52. The molecule has 0 aliphatic carbocycles. The van der Waals surface area contributed by atoms with Gasteiger partial charge < -0.3 is 15.5 Å². The number of aliphatic imine (C=N–C) groups is 1. The predicted molar refractivity (Wildman–Crippen MR) is 138 cm³/mol. The van der Waals surface area contributed by atoms with Gasteiger partial charge in [0.05, 0.1) is 21.1 Å². The van der Waals surface area contributed by atoms with Crippen molar-refractivity contribution in [3.8, 4) is 0 Å². The highest BCUT2D eigenvalue weighted by molar-refractivity contribution is 8.18. The van der Waals surface area contributed by atoms with E-state index in [1.807, 2.05) is 41.3 Å². The first-order valence-corrected chi connectivity index (χ1v) is 12.2. The average molecular weight is 492 g/mol. The number of anilines is 1. The lowest BCUT2D eigenvalue weighted by atomic mass is 10.1. The molecule has 2 N–H and O–H groups in total. The Morgan fingerprint density at radius 1 is 1.15 bits per heavy atom. The van der Waals surface area contributed by atoms with E-state index in [0.717, 1.165) is 48.8 Å². The summed E-state index contributed by atoms with van der Waals surface area (Å²) in [4.78, 5) is 36.3. The fraction of sp³-hybridized carbons (Fsp3) is 0.200. The van der Waals surface area contributed by atoms with Gasteiger partial charge in [0.2, 0.25) is 0 Å². The summed E-state index contributed by atoms with van der Waals surface area (Å²) in [6.45, 7) is 1.53. The largest absolute Gasteiger partial charge is 0.325 e. The molecule has 9 heteroatoms. The quantitative estimate of drug-likeness (QED) is 0.453. The molecule has 0 saturated carbocycles. The van der Waals surface area contributed by atoms with Gasteiger partial charge in [-0.3, -0.25) is 9.78 Å². The molecule has 1 aromatic heterocycles. The molecule has 2 fully saturated rings. The van der Waals surface area contributed by atoms with E-state index < -0.39 is 0 Å². The van der Waals surface area contributed by atoms with Crippen LogP contribution in [0.1, 0.15) is 24.8 Å². The maximum Gasteiger partial charge on any atom is 0.321 e. The maximum atomic E-state index is 12.5. The van der Waals surface area contributed by atoms with Crippen LogP contribution in [0.25, 0.3) is 17.0 Å². The minimum absolute atomic E-state index is 0.125. The molecule has 2 aromatic carbocycles. The van der Waals surface area contributed by atoms with E-state index in [2.05, 4.69) is 20.6 Å². The Morgan fingerprint density at radius 2 is 2.00 bits per heavy atom.